The molecule has 0 atom stereocenters. The summed E-state index contributed by atoms with van der Waals surface area (Å²) in [4.78, 5) is 25.2. The predicted molar refractivity (Wildman–Crippen MR) is 101 cm³/mol. The number of ether oxygens (including phenoxy) is 1. The Morgan fingerprint density at radius 2 is 2.12 bits per heavy atom. The summed E-state index contributed by atoms with van der Waals surface area (Å²) in [6.07, 6.45) is 3.50. The zero-order valence-corrected chi connectivity index (χ0v) is 15.1. The molecule has 6 heteroatoms. The molecule has 134 valence electrons. The first-order valence-corrected chi connectivity index (χ1v) is 9.59. The monoisotopic (exact) mass is 369 g/mol. The van der Waals surface area contributed by atoms with Crippen molar-refractivity contribution < 1.29 is 13.9 Å². The number of carbonyl (C=O) groups excluding carboxylic acids is 1. The number of nitrogens with one attached hydrogen (secondary N) is 1. The van der Waals surface area contributed by atoms with E-state index < -0.39 is 0 Å². The Labute approximate surface area is 154 Å². The standard InChI is InChI=1S/C20H19NO4S/c22-19(21-9-8-14-3-2-10-26-14)12-24-13-6-7-16-15-4-1-5-17(15)20(23)25-18(16)11-13/h2-3,6-7,10-11H,1,4-5,8-9,12H2,(H,21,22). The molecule has 1 N–H and O–H groups in total. The van der Waals surface area contributed by atoms with Crippen LogP contribution in [0.15, 0.2) is 44.9 Å². The largest absolute Gasteiger partial charge is 0.484 e. The van der Waals surface area contributed by atoms with E-state index in [1.807, 2.05) is 29.6 Å². The average Bonchev–Trinajstić information content (AvgIpc) is 3.32. The van der Waals surface area contributed by atoms with Crippen LogP contribution in [0.1, 0.15) is 22.4 Å². The van der Waals surface area contributed by atoms with Crippen molar-refractivity contribution in [1.29, 1.82) is 0 Å². The van der Waals surface area contributed by atoms with Gasteiger partial charge in [-0.1, -0.05) is 6.07 Å². The lowest BCUT2D eigenvalue weighted by atomic mass is 10.1. The summed E-state index contributed by atoms with van der Waals surface area (Å²) in [6.45, 7) is 0.520. The molecule has 1 aliphatic carbocycles. The molecule has 3 aromatic rings. The molecule has 1 aliphatic rings. The van der Waals surface area contributed by atoms with Gasteiger partial charge in [-0.25, -0.2) is 4.79 Å². The molecule has 26 heavy (non-hydrogen) atoms. The number of rotatable bonds is 6. The summed E-state index contributed by atoms with van der Waals surface area (Å²) >= 11 is 1.68. The molecule has 0 aliphatic heterocycles. The molecule has 2 aromatic heterocycles. The van der Waals surface area contributed by atoms with Gasteiger partial charge in [0.25, 0.3) is 5.91 Å². The van der Waals surface area contributed by atoms with E-state index >= 15 is 0 Å². The highest BCUT2D eigenvalue weighted by molar-refractivity contribution is 7.09. The maximum absolute atomic E-state index is 12.0. The Kier molecular flexibility index (Phi) is 4.75. The fraction of sp³-hybridized carbons (Fsp3) is 0.300. The highest BCUT2D eigenvalue weighted by Crippen LogP contribution is 2.29. The molecule has 0 fully saturated rings. The first kappa shape index (κ1) is 16.8. The molecule has 1 aromatic carbocycles. The number of hydrogen-bond acceptors (Lipinski definition) is 5. The van der Waals surface area contributed by atoms with Crippen molar-refractivity contribution >= 4 is 28.2 Å². The fourth-order valence-electron chi connectivity index (χ4n) is 3.33. The summed E-state index contributed by atoms with van der Waals surface area (Å²) in [6, 6.07) is 9.46. The van der Waals surface area contributed by atoms with E-state index in [1.165, 1.54) is 4.88 Å². The van der Waals surface area contributed by atoms with E-state index in [9.17, 15) is 9.59 Å². The van der Waals surface area contributed by atoms with Gasteiger partial charge in [-0.3, -0.25) is 4.79 Å². The van der Waals surface area contributed by atoms with Gasteiger partial charge in [-0.05, 0) is 54.8 Å². The zero-order chi connectivity index (χ0) is 17.9. The van der Waals surface area contributed by atoms with Crippen molar-refractivity contribution in [3.8, 4) is 5.75 Å². The van der Waals surface area contributed by atoms with Gasteiger partial charge in [0, 0.05) is 28.4 Å². The second-order valence-corrected chi connectivity index (χ2v) is 7.36. The third kappa shape index (κ3) is 3.51. The minimum Gasteiger partial charge on any atom is -0.484 e. The van der Waals surface area contributed by atoms with Crippen molar-refractivity contribution in [2.75, 3.05) is 13.2 Å². The van der Waals surface area contributed by atoms with Crippen LogP contribution in [0.25, 0.3) is 11.0 Å². The Morgan fingerprint density at radius 1 is 1.23 bits per heavy atom. The van der Waals surface area contributed by atoms with E-state index in [-0.39, 0.29) is 18.1 Å². The molecule has 0 spiro atoms. The summed E-state index contributed by atoms with van der Waals surface area (Å²) in [5, 5.41) is 5.83. The second-order valence-electron chi connectivity index (χ2n) is 6.33. The number of benzene rings is 1. The fourth-order valence-corrected chi connectivity index (χ4v) is 4.04. The van der Waals surface area contributed by atoms with Crippen LogP contribution >= 0.6 is 11.3 Å². The predicted octanol–water partition coefficient (Wildman–Crippen LogP) is 3.08. The molecule has 0 radical (unpaired) electrons. The Bertz CT molecular complexity index is 991. The lowest BCUT2D eigenvalue weighted by molar-refractivity contribution is -0.123. The number of thiophene rings is 1. The summed E-state index contributed by atoms with van der Waals surface area (Å²) in [5.41, 5.74) is 2.16. The van der Waals surface area contributed by atoms with Gasteiger partial charge in [0.05, 0.1) is 0 Å². The quantitative estimate of drug-likeness (QED) is 0.678. The molecule has 0 bridgehead atoms. The SMILES string of the molecule is O=C(COc1ccc2c3c(c(=O)oc2c1)CCC3)NCCc1cccs1. The van der Waals surface area contributed by atoms with E-state index in [0.29, 0.717) is 17.9 Å². The van der Waals surface area contributed by atoms with E-state index in [0.717, 1.165) is 42.2 Å². The van der Waals surface area contributed by atoms with Crippen LogP contribution in [0, 0.1) is 0 Å². The third-order valence-electron chi connectivity index (χ3n) is 4.59. The minimum atomic E-state index is -0.256. The molecule has 0 saturated carbocycles. The van der Waals surface area contributed by atoms with E-state index in [2.05, 4.69) is 5.32 Å². The maximum atomic E-state index is 12.0. The van der Waals surface area contributed by atoms with Gasteiger partial charge in [0.2, 0.25) is 0 Å². The van der Waals surface area contributed by atoms with Gasteiger partial charge in [-0.15, -0.1) is 11.3 Å². The molecule has 0 unspecified atom stereocenters. The first-order valence-electron chi connectivity index (χ1n) is 8.71. The van der Waals surface area contributed by atoms with Crippen LogP contribution in [-0.4, -0.2) is 19.1 Å². The number of hydrogen-bond donors (Lipinski definition) is 1. The van der Waals surface area contributed by atoms with Crippen LogP contribution in [0.2, 0.25) is 0 Å². The highest BCUT2D eigenvalue weighted by atomic mass is 32.1. The van der Waals surface area contributed by atoms with Crippen LogP contribution in [0.3, 0.4) is 0 Å². The Balaban J connectivity index is 1.37. The van der Waals surface area contributed by atoms with Crippen LogP contribution in [0.5, 0.6) is 5.75 Å². The minimum absolute atomic E-state index is 0.0644. The number of fused-ring (bicyclic) bond motifs is 3. The second kappa shape index (κ2) is 7.33. The molecular weight excluding hydrogens is 350 g/mol. The molecular formula is C20H19NO4S. The molecule has 1 amide bonds. The summed E-state index contributed by atoms with van der Waals surface area (Å²) in [7, 11) is 0. The summed E-state index contributed by atoms with van der Waals surface area (Å²) < 4.78 is 11.0. The van der Waals surface area contributed by atoms with E-state index in [4.69, 9.17) is 9.15 Å². The zero-order valence-electron chi connectivity index (χ0n) is 14.2. The highest BCUT2D eigenvalue weighted by Gasteiger charge is 2.19. The number of aryl methyl sites for hydroxylation is 1. The van der Waals surface area contributed by atoms with E-state index in [1.54, 1.807) is 17.4 Å². The molecule has 2 heterocycles. The average molecular weight is 369 g/mol. The Hall–Kier alpha value is -2.60. The maximum Gasteiger partial charge on any atom is 0.339 e. The number of amides is 1. The first-order chi connectivity index (χ1) is 12.7. The van der Waals surface area contributed by atoms with Crippen LogP contribution < -0.4 is 15.7 Å². The van der Waals surface area contributed by atoms with Gasteiger partial charge < -0.3 is 14.5 Å². The van der Waals surface area contributed by atoms with Crippen molar-refractivity contribution in [2.45, 2.75) is 25.7 Å². The van der Waals surface area contributed by atoms with Crippen molar-refractivity contribution in [3.63, 3.8) is 0 Å². The lowest BCUT2D eigenvalue weighted by Crippen LogP contribution is -2.30. The molecule has 0 saturated heterocycles. The smallest absolute Gasteiger partial charge is 0.339 e. The van der Waals surface area contributed by atoms with Gasteiger partial charge in [0.15, 0.2) is 6.61 Å². The van der Waals surface area contributed by atoms with Gasteiger partial charge >= 0.3 is 5.63 Å². The summed E-state index contributed by atoms with van der Waals surface area (Å²) in [5.74, 6) is 0.351. The Morgan fingerprint density at radius 3 is 2.96 bits per heavy atom. The topological polar surface area (TPSA) is 68.5 Å². The van der Waals surface area contributed by atoms with Crippen LogP contribution in [-0.2, 0) is 24.1 Å². The van der Waals surface area contributed by atoms with Crippen molar-refractivity contribution in [2.24, 2.45) is 0 Å². The third-order valence-corrected chi connectivity index (χ3v) is 5.52. The normalized spacial score (nSPS) is 12.9. The molecule has 5 nitrogen and oxygen atoms in total. The van der Waals surface area contributed by atoms with Gasteiger partial charge in [-0.2, -0.15) is 0 Å². The number of carbonyl (C=O) groups is 1. The van der Waals surface area contributed by atoms with Gasteiger partial charge in [0.1, 0.15) is 11.3 Å². The van der Waals surface area contributed by atoms with Crippen LogP contribution in [0.4, 0.5) is 0 Å². The molecule has 4 rings (SSSR count). The lowest BCUT2D eigenvalue weighted by Gasteiger charge is -2.09. The van der Waals surface area contributed by atoms with Crippen molar-refractivity contribution in [3.05, 3.63) is 62.1 Å². The van der Waals surface area contributed by atoms with Crippen molar-refractivity contribution in [1.82, 2.24) is 5.32 Å².